The van der Waals surface area contributed by atoms with Gasteiger partial charge in [0.1, 0.15) is 0 Å². The number of aromatic amines is 1. The Kier molecular flexibility index (Phi) is 4.90. The second kappa shape index (κ2) is 7.87. The summed E-state index contributed by atoms with van der Waals surface area (Å²) >= 11 is 0. The first kappa shape index (κ1) is 19.3. The van der Waals surface area contributed by atoms with Gasteiger partial charge in [-0.05, 0) is 67.2 Å². The molecule has 0 bridgehead atoms. The minimum absolute atomic E-state index is 0.0619. The highest BCUT2D eigenvalue weighted by Crippen LogP contribution is 2.40. The van der Waals surface area contributed by atoms with Gasteiger partial charge in [-0.1, -0.05) is 12.1 Å². The molecular weight excluding hydrogens is 388 g/mol. The molecule has 2 aliphatic heterocycles. The number of nitrogens with one attached hydrogen (secondary N) is 2. The summed E-state index contributed by atoms with van der Waals surface area (Å²) in [6, 6.07) is 9.73. The van der Waals surface area contributed by atoms with Gasteiger partial charge < -0.3 is 15.2 Å². The van der Waals surface area contributed by atoms with Crippen LogP contribution in [-0.2, 0) is 4.79 Å². The number of benzene rings is 1. The van der Waals surface area contributed by atoms with Crippen molar-refractivity contribution in [3.05, 3.63) is 71.3 Å². The summed E-state index contributed by atoms with van der Waals surface area (Å²) in [6.07, 6.45) is 10.4. The van der Waals surface area contributed by atoms with E-state index in [0.717, 1.165) is 59.6 Å². The number of anilines is 1. The summed E-state index contributed by atoms with van der Waals surface area (Å²) in [7, 11) is 0. The van der Waals surface area contributed by atoms with E-state index in [0.29, 0.717) is 11.1 Å². The van der Waals surface area contributed by atoms with Crippen molar-refractivity contribution in [1.82, 2.24) is 14.9 Å². The molecule has 6 heteroatoms. The number of hydrogen-bond acceptors (Lipinski definition) is 3. The van der Waals surface area contributed by atoms with Crippen molar-refractivity contribution in [2.45, 2.75) is 26.2 Å². The van der Waals surface area contributed by atoms with Crippen LogP contribution >= 0.6 is 0 Å². The summed E-state index contributed by atoms with van der Waals surface area (Å²) in [4.78, 5) is 35.1. The molecule has 2 aromatic heterocycles. The maximum Gasteiger partial charge on any atom is 0.256 e. The van der Waals surface area contributed by atoms with E-state index in [1.165, 1.54) is 6.42 Å². The Morgan fingerprint density at radius 2 is 1.87 bits per heavy atom. The largest absolute Gasteiger partial charge is 0.361 e. The number of pyridine rings is 1. The number of likely N-dealkylation sites (tertiary alicyclic amines) is 1. The fraction of sp³-hybridized carbons (Fsp3) is 0.240. The van der Waals surface area contributed by atoms with E-state index in [9.17, 15) is 9.59 Å². The van der Waals surface area contributed by atoms with Crippen LogP contribution in [0.1, 0.15) is 46.4 Å². The van der Waals surface area contributed by atoms with Crippen LogP contribution in [0.25, 0.3) is 22.8 Å². The van der Waals surface area contributed by atoms with Gasteiger partial charge in [0.2, 0.25) is 0 Å². The molecule has 156 valence electrons. The lowest BCUT2D eigenvalue weighted by molar-refractivity contribution is -0.110. The number of aromatic nitrogens is 2. The second-order valence-electron chi connectivity index (χ2n) is 8.07. The normalized spacial score (nSPS) is 17.0. The van der Waals surface area contributed by atoms with Crippen molar-refractivity contribution in [2.24, 2.45) is 0 Å². The molecule has 4 heterocycles. The van der Waals surface area contributed by atoms with Gasteiger partial charge in [-0.25, -0.2) is 0 Å². The Hall–Kier alpha value is -3.67. The molecule has 2 aliphatic rings. The minimum Gasteiger partial charge on any atom is -0.361 e. The van der Waals surface area contributed by atoms with Gasteiger partial charge in [0, 0.05) is 48.6 Å². The zero-order chi connectivity index (χ0) is 21.4. The number of carbonyl (C=O) groups excluding carboxylic acids is 2. The van der Waals surface area contributed by atoms with Crippen LogP contribution in [0.4, 0.5) is 5.69 Å². The summed E-state index contributed by atoms with van der Waals surface area (Å²) in [6.45, 7) is 3.55. The first-order valence-corrected chi connectivity index (χ1v) is 10.7. The molecule has 2 amide bonds. The number of amides is 2. The maximum absolute atomic E-state index is 13.0. The summed E-state index contributed by atoms with van der Waals surface area (Å²) in [5, 5.41) is 2.97. The zero-order valence-corrected chi connectivity index (χ0v) is 17.4. The van der Waals surface area contributed by atoms with E-state index in [1.54, 1.807) is 18.6 Å². The highest BCUT2D eigenvalue weighted by atomic mass is 16.2. The zero-order valence-electron chi connectivity index (χ0n) is 17.4. The van der Waals surface area contributed by atoms with Crippen molar-refractivity contribution in [1.29, 1.82) is 0 Å². The molecule has 6 nitrogen and oxygen atoms in total. The maximum atomic E-state index is 13.0. The number of hydrogen-bond donors (Lipinski definition) is 2. The van der Waals surface area contributed by atoms with Crippen LogP contribution < -0.4 is 5.32 Å². The van der Waals surface area contributed by atoms with E-state index in [2.05, 4.69) is 15.3 Å². The van der Waals surface area contributed by atoms with Crippen LogP contribution in [-0.4, -0.2) is 39.8 Å². The average molecular weight is 412 g/mol. The van der Waals surface area contributed by atoms with Crippen LogP contribution in [0.2, 0.25) is 0 Å². The van der Waals surface area contributed by atoms with Crippen molar-refractivity contribution >= 4 is 29.2 Å². The molecule has 2 N–H and O–H groups in total. The quantitative estimate of drug-likeness (QED) is 0.622. The van der Waals surface area contributed by atoms with Crippen molar-refractivity contribution < 1.29 is 9.59 Å². The predicted octanol–water partition coefficient (Wildman–Crippen LogP) is 4.50. The summed E-state index contributed by atoms with van der Waals surface area (Å²) < 4.78 is 0. The third-order valence-corrected chi connectivity index (χ3v) is 6.16. The molecule has 0 atom stereocenters. The third kappa shape index (κ3) is 3.44. The van der Waals surface area contributed by atoms with Gasteiger partial charge in [-0.2, -0.15) is 0 Å². The van der Waals surface area contributed by atoms with Crippen molar-refractivity contribution in [3.8, 4) is 11.1 Å². The molecule has 31 heavy (non-hydrogen) atoms. The smallest absolute Gasteiger partial charge is 0.256 e. The molecule has 0 unspecified atom stereocenters. The SMILES string of the molecule is Cc1c(C(=O)N2CCCCC2)c[nH]c1C=C1C(=O)Nc2cccc(-c3ccncc3)c21. The number of nitrogens with zero attached hydrogens (tertiary/aromatic N) is 2. The standard InChI is InChI=1S/C25H24N4O2/c1-16-20(25(31)29-12-3-2-4-13-29)15-27-22(16)14-19-23-18(17-8-10-26-11-9-17)6-5-7-21(23)28-24(19)30/h5-11,14-15,27H,2-4,12-13H2,1H3,(H,28,30). The molecule has 1 aromatic carbocycles. The summed E-state index contributed by atoms with van der Waals surface area (Å²) in [5.74, 6) is -0.0822. The Labute approximate surface area is 181 Å². The van der Waals surface area contributed by atoms with Gasteiger partial charge in [0.15, 0.2) is 0 Å². The van der Waals surface area contributed by atoms with Crippen LogP contribution in [0, 0.1) is 6.92 Å². The number of piperidine rings is 1. The van der Waals surface area contributed by atoms with Crippen LogP contribution in [0.5, 0.6) is 0 Å². The first-order valence-electron chi connectivity index (χ1n) is 10.7. The van der Waals surface area contributed by atoms with Gasteiger partial charge in [0.05, 0.1) is 11.1 Å². The van der Waals surface area contributed by atoms with E-state index in [4.69, 9.17) is 0 Å². The van der Waals surface area contributed by atoms with E-state index in [1.807, 2.05) is 48.2 Å². The van der Waals surface area contributed by atoms with E-state index >= 15 is 0 Å². The van der Waals surface area contributed by atoms with Gasteiger partial charge in [-0.15, -0.1) is 0 Å². The molecule has 0 spiro atoms. The average Bonchev–Trinajstić information content (AvgIpc) is 3.34. The monoisotopic (exact) mass is 412 g/mol. The Balaban J connectivity index is 1.54. The minimum atomic E-state index is -0.144. The topological polar surface area (TPSA) is 78.1 Å². The number of rotatable bonds is 3. The molecule has 0 saturated carbocycles. The summed E-state index contributed by atoms with van der Waals surface area (Å²) in [5.41, 5.74) is 6.54. The molecule has 1 fully saturated rings. The fourth-order valence-corrected chi connectivity index (χ4v) is 4.45. The van der Waals surface area contributed by atoms with Crippen LogP contribution in [0.15, 0.2) is 48.9 Å². The van der Waals surface area contributed by atoms with E-state index < -0.39 is 0 Å². The highest BCUT2D eigenvalue weighted by Gasteiger charge is 2.28. The van der Waals surface area contributed by atoms with Gasteiger partial charge in [0.25, 0.3) is 11.8 Å². The van der Waals surface area contributed by atoms with Crippen molar-refractivity contribution in [2.75, 3.05) is 18.4 Å². The number of carbonyl (C=O) groups is 2. The molecule has 1 saturated heterocycles. The second-order valence-corrected chi connectivity index (χ2v) is 8.07. The number of H-pyrrole nitrogens is 1. The molecule has 5 rings (SSSR count). The predicted molar refractivity (Wildman–Crippen MR) is 121 cm³/mol. The van der Waals surface area contributed by atoms with Gasteiger partial charge in [-0.3, -0.25) is 14.6 Å². The molecular formula is C25H24N4O2. The molecule has 0 aliphatic carbocycles. The lowest BCUT2D eigenvalue weighted by Crippen LogP contribution is -2.35. The Bertz CT molecular complexity index is 1190. The first-order chi connectivity index (χ1) is 15.1. The molecule has 0 radical (unpaired) electrons. The highest BCUT2D eigenvalue weighted by molar-refractivity contribution is 6.36. The fourth-order valence-electron chi connectivity index (χ4n) is 4.45. The van der Waals surface area contributed by atoms with Gasteiger partial charge >= 0.3 is 0 Å². The van der Waals surface area contributed by atoms with Crippen LogP contribution in [0.3, 0.4) is 0 Å². The Morgan fingerprint density at radius 1 is 1.10 bits per heavy atom. The molecule has 3 aromatic rings. The lowest BCUT2D eigenvalue weighted by atomic mass is 9.94. The Morgan fingerprint density at radius 3 is 2.65 bits per heavy atom. The van der Waals surface area contributed by atoms with E-state index in [-0.39, 0.29) is 11.8 Å². The third-order valence-electron chi connectivity index (χ3n) is 6.16. The van der Waals surface area contributed by atoms with Crippen molar-refractivity contribution in [3.63, 3.8) is 0 Å². The lowest BCUT2D eigenvalue weighted by Gasteiger charge is -2.26. The number of fused-ring (bicyclic) bond motifs is 1.